The maximum Gasteiger partial charge on any atom is 0.119 e. The Morgan fingerprint density at radius 1 is 0.957 bits per heavy atom. The molecule has 2 aromatic carbocycles. The SMILES string of the molecule is CCn1c2c(c3cc(OC)ccc31)CCc1cc(OC)ccc1-2. The van der Waals surface area contributed by atoms with Crippen molar-refractivity contribution in [1.82, 2.24) is 4.57 Å². The van der Waals surface area contributed by atoms with Gasteiger partial charge in [-0.3, -0.25) is 0 Å². The zero-order chi connectivity index (χ0) is 16.0. The third-order valence-electron chi connectivity index (χ3n) is 4.90. The standard InChI is InChI=1S/C20H21NO2/c1-4-21-19-10-7-15(23-3)12-18(19)17-8-5-13-11-14(22-2)6-9-16(13)20(17)21/h6-7,9-12H,4-5,8H2,1-3H3. The van der Waals surface area contributed by atoms with Gasteiger partial charge >= 0.3 is 0 Å². The molecule has 0 radical (unpaired) electrons. The Morgan fingerprint density at radius 3 is 2.43 bits per heavy atom. The first kappa shape index (κ1) is 14.2. The van der Waals surface area contributed by atoms with Crippen molar-refractivity contribution in [1.29, 1.82) is 0 Å². The lowest BCUT2D eigenvalue weighted by Crippen LogP contribution is -2.07. The van der Waals surface area contributed by atoms with Gasteiger partial charge in [-0.1, -0.05) is 0 Å². The Kier molecular flexibility index (Phi) is 3.29. The molecule has 118 valence electrons. The molecule has 0 bridgehead atoms. The van der Waals surface area contributed by atoms with E-state index in [4.69, 9.17) is 9.47 Å². The van der Waals surface area contributed by atoms with Crippen LogP contribution in [0.2, 0.25) is 0 Å². The average Bonchev–Trinajstić information content (AvgIpc) is 2.94. The minimum atomic E-state index is 0.925. The predicted molar refractivity (Wildman–Crippen MR) is 93.6 cm³/mol. The first-order valence-electron chi connectivity index (χ1n) is 8.13. The molecule has 3 aromatic rings. The third-order valence-corrected chi connectivity index (χ3v) is 4.90. The number of rotatable bonds is 3. The maximum atomic E-state index is 5.43. The van der Waals surface area contributed by atoms with Crippen molar-refractivity contribution in [3.05, 3.63) is 47.5 Å². The number of hydrogen-bond acceptors (Lipinski definition) is 2. The molecular formula is C20H21NO2. The van der Waals surface area contributed by atoms with Crippen LogP contribution in [0.3, 0.4) is 0 Å². The van der Waals surface area contributed by atoms with Crippen LogP contribution in [0.15, 0.2) is 36.4 Å². The van der Waals surface area contributed by atoms with Gasteiger partial charge in [-0.25, -0.2) is 0 Å². The van der Waals surface area contributed by atoms with Gasteiger partial charge in [-0.15, -0.1) is 0 Å². The fraction of sp³-hybridized carbons (Fsp3) is 0.300. The van der Waals surface area contributed by atoms with E-state index >= 15 is 0 Å². The summed E-state index contributed by atoms with van der Waals surface area (Å²) in [6, 6.07) is 12.8. The third kappa shape index (κ3) is 2.03. The van der Waals surface area contributed by atoms with Gasteiger partial charge in [-0.2, -0.15) is 0 Å². The summed E-state index contributed by atoms with van der Waals surface area (Å²) in [4.78, 5) is 0. The fourth-order valence-electron chi connectivity index (χ4n) is 3.81. The molecule has 1 aliphatic rings. The van der Waals surface area contributed by atoms with Gasteiger partial charge in [0.25, 0.3) is 0 Å². The van der Waals surface area contributed by atoms with Crippen molar-refractivity contribution < 1.29 is 9.47 Å². The topological polar surface area (TPSA) is 23.4 Å². The van der Waals surface area contributed by atoms with Crippen LogP contribution in [0, 0.1) is 0 Å². The summed E-state index contributed by atoms with van der Waals surface area (Å²) in [5.74, 6) is 1.86. The maximum absolute atomic E-state index is 5.43. The van der Waals surface area contributed by atoms with Crippen LogP contribution in [-0.2, 0) is 19.4 Å². The summed E-state index contributed by atoms with van der Waals surface area (Å²) in [5, 5.41) is 1.32. The molecule has 0 N–H and O–H groups in total. The van der Waals surface area contributed by atoms with Crippen LogP contribution >= 0.6 is 0 Å². The minimum Gasteiger partial charge on any atom is -0.497 e. The van der Waals surface area contributed by atoms with Crippen LogP contribution < -0.4 is 9.47 Å². The summed E-state index contributed by atoms with van der Waals surface area (Å²) < 4.78 is 13.2. The molecule has 1 heterocycles. The van der Waals surface area contributed by atoms with Gasteiger partial charge in [0.1, 0.15) is 11.5 Å². The van der Waals surface area contributed by atoms with Crippen LogP contribution in [0.1, 0.15) is 18.1 Å². The number of aromatic nitrogens is 1. The first-order chi connectivity index (χ1) is 11.3. The van der Waals surface area contributed by atoms with Crippen LogP contribution in [0.5, 0.6) is 11.5 Å². The highest BCUT2D eigenvalue weighted by molar-refractivity contribution is 5.94. The number of aryl methyl sites for hydroxylation is 3. The highest BCUT2D eigenvalue weighted by Crippen LogP contribution is 2.42. The molecule has 0 aliphatic heterocycles. The number of nitrogens with zero attached hydrogens (tertiary/aromatic N) is 1. The zero-order valence-electron chi connectivity index (χ0n) is 13.8. The van der Waals surface area contributed by atoms with Gasteiger partial charge in [0.2, 0.25) is 0 Å². The highest BCUT2D eigenvalue weighted by atomic mass is 16.5. The van der Waals surface area contributed by atoms with E-state index in [1.54, 1.807) is 14.2 Å². The van der Waals surface area contributed by atoms with E-state index < -0.39 is 0 Å². The summed E-state index contributed by atoms with van der Waals surface area (Å²) in [6.45, 7) is 3.17. The van der Waals surface area contributed by atoms with Gasteiger partial charge in [0, 0.05) is 23.0 Å². The van der Waals surface area contributed by atoms with Gasteiger partial charge in [-0.05, 0) is 67.3 Å². The van der Waals surface area contributed by atoms with Gasteiger partial charge < -0.3 is 14.0 Å². The molecular weight excluding hydrogens is 286 g/mol. The van der Waals surface area contributed by atoms with Crippen molar-refractivity contribution in [3.8, 4) is 22.8 Å². The second-order valence-electron chi connectivity index (χ2n) is 5.98. The zero-order valence-corrected chi connectivity index (χ0v) is 13.8. The Hall–Kier alpha value is -2.42. The van der Waals surface area contributed by atoms with Crippen molar-refractivity contribution in [3.63, 3.8) is 0 Å². The average molecular weight is 307 g/mol. The number of methoxy groups -OCH3 is 2. The monoisotopic (exact) mass is 307 g/mol. The van der Waals surface area contributed by atoms with Crippen LogP contribution in [0.4, 0.5) is 0 Å². The molecule has 0 saturated carbocycles. The second-order valence-corrected chi connectivity index (χ2v) is 5.98. The molecule has 0 fully saturated rings. The minimum absolute atomic E-state index is 0.925. The molecule has 0 amide bonds. The van der Waals surface area contributed by atoms with E-state index in [1.807, 2.05) is 0 Å². The predicted octanol–water partition coefficient (Wildman–Crippen LogP) is 4.44. The molecule has 23 heavy (non-hydrogen) atoms. The second kappa shape index (κ2) is 5.34. The summed E-state index contributed by atoms with van der Waals surface area (Å²) in [7, 11) is 3.46. The fourth-order valence-corrected chi connectivity index (χ4v) is 3.81. The first-order valence-corrected chi connectivity index (χ1v) is 8.13. The summed E-state index contributed by atoms with van der Waals surface area (Å²) in [6.07, 6.45) is 2.12. The largest absolute Gasteiger partial charge is 0.497 e. The number of benzene rings is 2. The Bertz CT molecular complexity index is 892. The number of hydrogen-bond donors (Lipinski definition) is 0. The highest BCUT2D eigenvalue weighted by Gasteiger charge is 2.24. The van der Waals surface area contributed by atoms with E-state index in [0.29, 0.717) is 0 Å². The molecule has 0 saturated heterocycles. The molecule has 1 aromatic heterocycles. The lowest BCUT2D eigenvalue weighted by atomic mass is 9.88. The van der Waals surface area contributed by atoms with E-state index in [1.165, 1.54) is 33.3 Å². The van der Waals surface area contributed by atoms with Gasteiger partial charge in [0.05, 0.1) is 19.9 Å². The molecule has 0 unspecified atom stereocenters. The van der Waals surface area contributed by atoms with Crippen molar-refractivity contribution in [2.75, 3.05) is 14.2 Å². The summed E-state index contributed by atoms with van der Waals surface area (Å²) >= 11 is 0. The van der Waals surface area contributed by atoms with Crippen LogP contribution in [-0.4, -0.2) is 18.8 Å². The molecule has 3 heteroatoms. The summed E-state index contributed by atoms with van der Waals surface area (Å²) in [5.41, 5.74) is 6.81. The lowest BCUT2D eigenvalue weighted by molar-refractivity contribution is 0.414. The number of fused-ring (bicyclic) bond motifs is 5. The molecule has 3 nitrogen and oxygen atoms in total. The molecule has 4 rings (SSSR count). The Morgan fingerprint density at radius 2 is 1.70 bits per heavy atom. The Labute approximate surface area is 136 Å². The van der Waals surface area contributed by atoms with Crippen molar-refractivity contribution >= 4 is 10.9 Å². The van der Waals surface area contributed by atoms with Crippen molar-refractivity contribution in [2.45, 2.75) is 26.3 Å². The molecule has 1 aliphatic carbocycles. The smallest absolute Gasteiger partial charge is 0.119 e. The normalized spacial score (nSPS) is 12.8. The van der Waals surface area contributed by atoms with E-state index in [9.17, 15) is 0 Å². The van der Waals surface area contributed by atoms with E-state index in [0.717, 1.165) is 30.9 Å². The van der Waals surface area contributed by atoms with E-state index in [2.05, 4.69) is 47.9 Å². The number of ether oxygens (including phenoxy) is 2. The molecule has 0 spiro atoms. The van der Waals surface area contributed by atoms with E-state index in [-0.39, 0.29) is 0 Å². The van der Waals surface area contributed by atoms with Gasteiger partial charge in [0.15, 0.2) is 0 Å². The van der Waals surface area contributed by atoms with Crippen molar-refractivity contribution in [2.24, 2.45) is 0 Å². The quantitative estimate of drug-likeness (QED) is 0.714. The van der Waals surface area contributed by atoms with Crippen LogP contribution in [0.25, 0.3) is 22.2 Å². The Balaban J connectivity index is 2.02. The lowest BCUT2D eigenvalue weighted by Gasteiger charge is -2.20. The molecule has 0 atom stereocenters.